The number of ether oxygens (including phenoxy) is 2. The minimum absolute atomic E-state index is 0.0220. The maximum Gasteiger partial charge on any atom is 0.326 e. The third-order valence-electron chi connectivity index (χ3n) is 5.39. The van der Waals surface area contributed by atoms with E-state index in [2.05, 4.69) is 0 Å². The molecule has 0 bridgehead atoms. The van der Waals surface area contributed by atoms with Crippen molar-refractivity contribution in [3.05, 3.63) is 35.1 Å². The molecule has 1 amide bonds. The lowest BCUT2D eigenvalue weighted by atomic mass is 9.94. The minimum Gasteiger partial charge on any atom is -0.480 e. The fourth-order valence-corrected chi connectivity index (χ4v) is 4.14. The molecular formula is C19H24FNO5. The Morgan fingerprint density at radius 3 is 2.85 bits per heavy atom. The molecule has 1 aliphatic heterocycles. The number of methoxy groups -OCH3 is 1. The predicted molar refractivity (Wildman–Crippen MR) is 91.2 cm³/mol. The number of carboxylic acids is 1. The first-order chi connectivity index (χ1) is 12.5. The normalized spacial score (nSPS) is 24.7. The summed E-state index contributed by atoms with van der Waals surface area (Å²) >= 11 is 0. The van der Waals surface area contributed by atoms with Gasteiger partial charge in [0, 0.05) is 24.8 Å². The van der Waals surface area contributed by atoms with E-state index in [-0.39, 0.29) is 29.9 Å². The number of carbonyl (C=O) groups excluding carboxylic acids is 1. The number of likely N-dealkylation sites (tertiary alicyclic amines) is 1. The first-order valence-corrected chi connectivity index (χ1v) is 8.91. The summed E-state index contributed by atoms with van der Waals surface area (Å²) in [6, 6.07) is 3.30. The molecule has 2 aliphatic rings. The van der Waals surface area contributed by atoms with Gasteiger partial charge in [-0.25, -0.2) is 9.18 Å². The molecule has 1 aliphatic carbocycles. The summed E-state index contributed by atoms with van der Waals surface area (Å²) in [4.78, 5) is 26.1. The SMILES string of the molecule is COCCOCc1cc(C(=O)N2CC3CCCC3C2C(=O)O)ccc1F. The zero-order valence-electron chi connectivity index (χ0n) is 14.8. The molecular weight excluding hydrogens is 341 g/mol. The number of carboxylic acid groups (broad SMARTS) is 1. The number of hydrogen-bond acceptors (Lipinski definition) is 4. The lowest BCUT2D eigenvalue weighted by Crippen LogP contribution is -2.43. The molecule has 26 heavy (non-hydrogen) atoms. The van der Waals surface area contributed by atoms with E-state index in [0.29, 0.717) is 25.3 Å². The summed E-state index contributed by atoms with van der Waals surface area (Å²) in [7, 11) is 1.55. The molecule has 1 saturated carbocycles. The number of nitrogens with zero attached hydrogens (tertiary/aromatic N) is 1. The van der Waals surface area contributed by atoms with Crippen LogP contribution >= 0.6 is 0 Å². The van der Waals surface area contributed by atoms with Gasteiger partial charge in [0.15, 0.2) is 0 Å². The highest BCUT2D eigenvalue weighted by molar-refractivity contribution is 5.97. The Kier molecular flexibility index (Phi) is 5.88. The number of fused-ring (bicyclic) bond motifs is 1. The van der Waals surface area contributed by atoms with Gasteiger partial charge >= 0.3 is 5.97 Å². The number of rotatable bonds is 7. The molecule has 0 radical (unpaired) electrons. The van der Waals surface area contributed by atoms with E-state index < -0.39 is 17.8 Å². The highest BCUT2D eigenvalue weighted by atomic mass is 19.1. The predicted octanol–water partition coefficient (Wildman–Crippen LogP) is 2.31. The van der Waals surface area contributed by atoms with Crippen molar-refractivity contribution in [2.75, 3.05) is 26.9 Å². The lowest BCUT2D eigenvalue weighted by Gasteiger charge is -2.24. The molecule has 2 fully saturated rings. The van der Waals surface area contributed by atoms with Crippen LogP contribution in [0.2, 0.25) is 0 Å². The second-order valence-electron chi connectivity index (χ2n) is 6.95. The van der Waals surface area contributed by atoms with E-state index >= 15 is 0 Å². The number of hydrogen-bond donors (Lipinski definition) is 1. The number of aliphatic carboxylic acids is 1. The molecule has 3 rings (SSSR count). The van der Waals surface area contributed by atoms with Crippen LogP contribution in [0.5, 0.6) is 0 Å². The van der Waals surface area contributed by atoms with E-state index in [1.807, 2.05) is 0 Å². The average molecular weight is 365 g/mol. The first kappa shape index (κ1) is 18.8. The van der Waals surface area contributed by atoms with Crippen LogP contribution < -0.4 is 0 Å². The van der Waals surface area contributed by atoms with Gasteiger partial charge in [0.2, 0.25) is 0 Å². The third-order valence-corrected chi connectivity index (χ3v) is 5.39. The highest BCUT2D eigenvalue weighted by Crippen LogP contribution is 2.42. The molecule has 1 aromatic carbocycles. The Morgan fingerprint density at radius 1 is 1.31 bits per heavy atom. The number of halogens is 1. The second-order valence-corrected chi connectivity index (χ2v) is 6.95. The Hall–Kier alpha value is -1.99. The fourth-order valence-electron chi connectivity index (χ4n) is 4.14. The van der Waals surface area contributed by atoms with Gasteiger partial charge in [0.1, 0.15) is 11.9 Å². The van der Waals surface area contributed by atoms with E-state index in [9.17, 15) is 19.1 Å². The van der Waals surface area contributed by atoms with Gasteiger partial charge in [-0.1, -0.05) is 6.42 Å². The smallest absolute Gasteiger partial charge is 0.326 e. The summed E-state index contributed by atoms with van der Waals surface area (Å²) in [5.41, 5.74) is 0.571. The maximum absolute atomic E-state index is 14.0. The van der Waals surface area contributed by atoms with Gasteiger partial charge < -0.3 is 19.5 Å². The van der Waals surface area contributed by atoms with Gasteiger partial charge in [0.05, 0.1) is 19.8 Å². The quantitative estimate of drug-likeness (QED) is 0.751. The Labute approximate surface area is 151 Å². The van der Waals surface area contributed by atoms with Gasteiger partial charge in [-0.15, -0.1) is 0 Å². The van der Waals surface area contributed by atoms with Crippen LogP contribution in [-0.4, -0.2) is 54.8 Å². The van der Waals surface area contributed by atoms with Crippen molar-refractivity contribution < 1.29 is 28.6 Å². The van der Waals surface area contributed by atoms with E-state index in [1.165, 1.54) is 23.1 Å². The van der Waals surface area contributed by atoms with Crippen molar-refractivity contribution in [3.8, 4) is 0 Å². The molecule has 1 saturated heterocycles. The summed E-state index contributed by atoms with van der Waals surface area (Å²) in [5.74, 6) is -1.50. The monoisotopic (exact) mass is 365 g/mol. The standard InChI is InChI=1S/C19H24FNO5/c1-25-7-8-26-11-14-9-12(5-6-16(14)20)18(22)21-10-13-3-2-4-15(13)17(21)19(23)24/h5-6,9,13,15,17H,2-4,7-8,10-11H2,1H3,(H,23,24). The molecule has 1 aromatic rings. The van der Waals surface area contributed by atoms with Gasteiger partial charge in [0.25, 0.3) is 5.91 Å². The van der Waals surface area contributed by atoms with E-state index in [1.54, 1.807) is 7.11 Å². The van der Waals surface area contributed by atoms with Crippen LogP contribution in [-0.2, 0) is 20.9 Å². The molecule has 1 N–H and O–H groups in total. The average Bonchev–Trinajstić information content (AvgIpc) is 3.20. The van der Waals surface area contributed by atoms with Crippen molar-refractivity contribution in [1.29, 1.82) is 0 Å². The zero-order valence-corrected chi connectivity index (χ0v) is 14.8. The molecule has 0 aromatic heterocycles. The van der Waals surface area contributed by atoms with Crippen molar-refractivity contribution >= 4 is 11.9 Å². The van der Waals surface area contributed by atoms with Crippen LogP contribution in [0.4, 0.5) is 4.39 Å². The van der Waals surface area contributed by atoms with Crippen molar-refractivity contribution in [1.82, 2.24) is 4.90 Å². The number of carbonyl (C=O) groups is 2. The van der Waals surface area contributed by atoms with Crippen molar-refractivity contribution in [2.45, 2.75) is 31.9 Å². The Morgan fingerprint density at radius 2 is 2.12 bits per heavy atom. The Balaban J connectivity index is 1.75. The molecule has 0 spiro atoms. The van der Waals surface area contributed by atoms with Gasteiger partial charge in [-0.2, -0.15) is 0 Å². The minimum atomic E-state index is -0.960. The summed E-state index contributed by atoms with van der Waals surface area (Å²) in [6.45, 7) is 1.21. The van der Waals surface area contributed by atoms with Crippen LogP contribution in [0, 0.1) is 17.7 Å². The third kappa shape index (κ3) is 3.73. The number of amides is 1. The van der Waals surface area contributed by atoms with E-state index in [4.69, 9.17) is 9.47 Å². The van der Waals surface area contributed by atoms with Gasteiger partial charge in [-0.05, 0) is 42.9 Å². The maximum atomic E-state index is 14.0. The van der Waals surface area contributed by atoms with E-state index in [0.717, 1.165) is 19.3 Å². The summed E-state index contributed by atoms with van der Waals surface area (Å²) in [5, 5.41) is 9.61. The lowest BCUT2D eigenvalue weighted by molar-refractivity contribution is -0.142. The second kappa shape index (κ2) is 8.14. The largest absolute Gasteiger partial charge is 0.480 e. The molecule has 1 heterocycles. The Bertz CT molecular complexity index is 680. The van der Waals surface area contributed by atoms with Gasteiger partial charge in [-0.3, -0.25) is 4.79 Å². The molecule has 6 nitrogen and oxygen atoms in total. The molecule has 7 heteroatoms. The molecule has 3 unspecified atom stereocenters. The van der Waals surface area contributed by atoms with Crippen LogP contribution in [0.15, 0.2) is 18.2 Å². The van der Waals surface area contributed by atoms with Crippen molar-refractivity contribution in [2.24, 2.45) is 11.8 Å². The number of benzene rings is 1. The topological polar surface area (TPSA) is 76.1 Å². The van der Waals surface area contributed by atoms with Crippen LogP contribution in [0.1, 0.15) is 35.2 Å². The molecule has 142 valence electrons. The van der Waals surface area contributed by atoms with Crippen LogP contribution in [0.3, 0.4) is 0 Å². The highest BCUT2D eigenvalue weighted by Gasteiger charge is 2.49. The fraction of sp³-hybridized carbons (Fsp3) is 0.579. The van der Waals surface area contributed by atoms with Crippen LogP contribution in [0.25, 0.3) is 0 Å². The first-order valence-electron chi connectivity index (χ1n) is 8.91. The summed E-state index contributed by atoms with van der Waals surface area (Å²) in [6.07, 6.45) is 2.81. The van der Waals surface area contributed by atoms with Crippen molar-refractivity contribution in [3.63, 3.8) is 0 Å². The summed E-state index contributed by atoms with van der Waals surface area (Å²) < 4.78 is 24.2. The molecule has 3 atom stereocenters. The zero-order chi connectivity index (χ0) is 18.7.